The summed E-state index contributed by atoms with van der Waals surface area (Å²) in [7, 11) is -3.64. The lowest BCUT2D eigenvalue weighted by molar-refractivity contribution is -0.127. The number of nitrogens with zero attached hydrogens (tertiary/aromatic N) is 2. The first-order chi connectivity index (χ1) is 15.2. The lowest BCUT2D eigenvalue weighted by atomic mass is 10.2. The molecule has 0 aromatic heterocycles. The third kappa shape index (κ3) is 5.98. The number of benzene rings is 2. The normalized spacial score (nSPS) is 16.1. The van der Waals surface area contributed by atoms with Crippen LogP contribution in [0.5, 0.6) is 5.75 Å². The molecule has 9 heteroatoms. The minimum Gasteiger partial charge on any atom is -0.481 e. The molecule has 174 valence electrons. The summed E-state index contributed by atoms with van der Waals surface area (Å²) in [4.78, 5) is 14.3. The van der Waals surface area contributed by atoms with Gasteiger partial charge >= 0.3 is 0 Å². The second kappa shape index (κ2) is 10.3. The number of sulfonamides is 1. The fraction of sp³-hybridized carbons (Fsp3) is 0.435. The Morgan fingerprint density at radius 3 is 2.16 bits per heavy atom. The molecule has 1 heterocycles. The molecule has 1 atom stereocenters. The Bertz CT molecular complexity index is 1000. The van der Waals surface area contributed by atoms with Crippen LogP contribution < -0.4 is 15.0 Å². The van der Waals surface area contributed by atoms with E-state index >= 15 is 0 Å². The van der Waals surface area contributed by atoms with Gasteiger partial charge in [-0.05, 0) is 61.4 Å². The first-order valence-electron chi connectivity index (χ1n) is 10.7. The first-order valence-corrected chi connectivity index (χ1v) is 12.2. The average Bonchev–Trinajstić information content (AvgIpc) is 2.78. The molecule has 0 spiro atoms. The summed E-state index contributed by atoms with van der Waals surface area (Å²) in [6.07, 6.45) is -0.684. The zero-order valence-corrected chi connectivity index (χ0v) is 19.4. The molecule has 3 rings (SSSR count). The number of carbonyl (C=O) groups excluding carboxylic acids is 1. The number of hydrogen-bond acceptors (Lipinski definition) is 5. The van der Waals surface area contributed by atoms with Crippen molar-refractivity contribution in [2.75, 3.05) is 37.6 Å². The van der Waals surface area contributed by atoms with Gasteiger partial charge in [0.25, 0.3) is 5.91 Å². The summed E-state index contributed by atoms with van der Waals surface area (Å²) in [5, 5.41) is 2.81. The van der Waals surface area contributed by atoms with E-state index in [4.69, 9.17) is 4.74 Å². The average molecular weight is 464 g/mol. The van der Waals surface area contributed by atoms with Crippen LogP contribution in [0.25, 0.3) is 0 Å². The molecule has 0 radical (unpaired) electrons. The Hall–Kier alpha value is -2.65. The number of amides is 1. The van der Waals surface area contributed by atoms with Gasteiger partial charge in [0.05, 0.1) is 4.90 Å². The van der Waals surface area contributed by atoms with Crippen LogP contribution in [0.15, 0.2) is 53.4 Å². The predicted molar refractivity (Wildman–Crippen MR) is 122 cm³/mol. The highest BCUT2D eigenvalue weighted by atomic mass is 32.2. The maximum atomic E-state index is 13.1. The Morgan fingerprint density at radius 1 is 1.00 bits per heavy atom. The third-order valence-corrected chi connectivity index (χ3v) is 7.17. The first kappa shape index (κ1) is 24.0. The van der Waals surface area contributed by atoms with Crippen LogP contribution in [0.2, 0.25) is 0 Å². The van der Waals surface area contributed by atoms with Crippen molar-refractivity contribution >= 4 is 21.6 Å². The van der Waals surface area contributed by atoms with E-state index in [1.807, 2.05) is 18.7 Å². The van der Waals surface area contributed by atoms with Gasteiger partial charge in [0.15, 0.2) is 6.10 Å². The maximum Gasteiger partial charge on any atom is 0.260 e. The SMILES string of the molecule is CC(C)CNC(=O)[C@H](C)Oc1ccc(S(=O)(=O)N2CCN(c3ccc(F)cc3)CC2)cc1. The summed E-state index contributed by atoms with van der Waals surface area (Å²) in [6.45, 7) is 7.96. The van der Waals surface area contributed by atoms with Gasteiger partial charge in [-0.15, -0.1) is 0 Å². The van der Waals surface area contributed by atoms with Crippen LogP contribution in [-0.4, -0.2) is 57.5 Å². The number of ether oxygens (including phenoxy) is 1. The molecule has 1 saturated heterocycles. The fourth-order valence-electron chi connectivity index (χ4n) is 3.38. The lowest BCUT2D eigenvalue weighted by Crippen LogP contribution is -2.48. The molecular formula is C23H30FN3O4S. The topological polar surface area (TPSA) is 78.9 Å². The molecule has 0 saturated carbocycles. The van der Waals surface area contributed by atoms with E-state index in [0.717, 1.165) is 5.69 Å². The number of hydrogen-bond donors (Lipinski definition) is 1. The largest absolute Gasteiger partial charge is 0.481 e. The molecule has 2 aromatic rings. The number of rotatable bonds is 8. The van der Waals surface area contributed by atoms with Gasteiger partial charge in [-0.2, -0.15) is 4.31 Å². The fourth-order valence-corrected chi connectivity index (χ4v) is 4.81. The summed E-state index contributed by atoms with van der Waals surface area (Å²) in [5.74, 6) is 0.257. The second-order valence-corrected chi connectivity index (χ2v) is 10.2. The lowest BCUT2D eigenvalue weighted by Gasteiger charge is -2.35. The van der Waals surface area contributed by atoms with Crippen molar-refractivity contribution in [2.45, 2.75) is 31.8 Å². The Morgan fingerprint density at radius 2 is 1.59 bits per heavy atom. The standard InChI is InChI=1S/C23H30FN3O4S/c1-17(2)16-25-23(28)18(3)31-21-8-10-22(11-9-21)32(29,30)27-14-12-26(13-15-27)20-6-4-19(24)5-7-20/h4-11,17-18H,12-16H2,1-3H3,(H,25,28)/t18-/m0/s1. The molecule has 1 aliphatic rings. The molecule has 1 fully saturated rings. The molecule has 0 unspecified atom stereocenters. The molecule has 1 amide bonds. The smallest absolute Gasteiger partial charge is 0.260 e. The molecule has 7 nitrogen and oxygen atoms in total. The highest BCUT2D eigenvalue weighted by molar-refractivity contribution is 7.89. The van der Waals surface area contributed by atoms with E-state index in [9.17, 15) is 17.6 Å². The van der Waals surface area contributed by atoms with Crippen molar-refractivity contribution in [1.29, 1.82) is 0 Å². The summed E-state index contributed by atoms with van der Waals surface area (Å²) in [6, 6.07) is 12.3. The molecule has 2 aromatic carbocycles. The summed E-state index contributed by atoms with van der Waals surface area (Å²) in [5.41, 5.74) is 0.872. The minimum atomic E-state index is -3.64. The molecular weight excluding hydrogens is 433 g/mol. The van der Waals surface area contributed by atoms with Gasteiger partial charge in [-0.1, -0.05) is 13.8 Å². The third-order valence-electron chi connectivity index (χ3n) is 5.26. The van der Waals surface area contributed by atoms with Crippen molar-refractivity contribution < 1.29 is 22.3 Å². The van der Waals surface area contributed by atoms with Gasteiger partial charge < -0.3 is 15.0 Å². The quantitative estimate of drug-likeness (QED) is 0.651. The Labute approximate surface area is 189 Å². The van der Waals surface area contributed by atoms with Gasteiger partial charge in [0.1, 0.15) is 11.6 Å². The number of halogens is 1. The summed E-state index contributed by atoms with van der Waals surface area (Å²) >= 11 is 0. The number of carbonyl (C=O) groups is 1. The number of anilines is 1. The van der Waals surface area contributed by atoms with E-state index in [0.29, 0.717) is 44.4 Å². The molecule has 1 N–H and O–H groups in total. The highest BCUT2D eigenvalue weighted by Crippen LogP contribution is 2.23. The molecule has 0 bridgehead atoms. The monoisotopic (exact) mass is 463 g/mol. The minimum absolute atomic E-state index is 0.178. The predicted octanol–water partition coefficient (Wildman–Crippen LogP) is 2.88. The second-order valence-electron chi connectivity index (χ2n) is 8.24. The van der Waals surface area contributed by atoms with E-state index in [-0.39, 0.29) is 16.6 Å². The van der Waals surface area contributed by atoms with Crippen LogP contribution in [-0.2, 0) is 14.8 Å². The highest BCUT2D eigenvalue weighted by Gasteiger charge is 2.28. The van der Waals surface area contributed by atoms with Crippen LogP contribution in [0.1, 0.15) is 20.8 Å². The zero-order valence-electron chi connectivity index (χ0n) is 18.6. The van der Waals surface area contributed by atoms with Crippen LogP contribution in [0, 0.1) is 11.7 Å². The Balaban J connectivity index is 1.58. The van der Waals surface area contributed by atoms with Crippen molar-refractivity contribution in [2.24, 2.45) is 5.92 Å². The molecule has 32 heavy (non-hydrogen) atoms. The maximum absolute atomic E-state index is 13.1. The van der Waals surface area contributed by atoms with Gasteiger partial charge in [-0.25, -0.2) is 12.8 Å². The van der Waals surface area contributed by atoms with Crippen molar-refractivity contribution in [1.82, 2.24) is 9.62 Å². The Kier molecular flexibility index (Phi) is 7.73. The van der Waals surface area contributed by atoms with Crippen molar-refractivity contribution in [3.63, 3.8) is 0 Å². The van der Waals surface area contributed by atoms with Crippen LogP contribution in [0.4, 0.5) is 10.1 Å². The molecule has 0 aliphatic carbocycles. The van der Waals surface area contributed by atoms with E-state index in [2.05, 4.69) is 5.32 Å². The van der Waals surface area contributed by atoms with E-state index in [1.165, 1.54) is 28.6 Å². The van der Waals surface area contributed by atoms with Gasteiger partial charge in [0.2, 0.25) is 10.0 Å². The van der Waals surface area contributed by atoms with Gasteiger partial charge in [0, 0.05) is 38.4 Å². The summed E-state index contributed by atoms with van der Waals surface area (Å²) < 4.78 is 46.3. The molecule has 1 aliphatic heterocycles. The van der Waals surface area contributed by atoms with Crippen LogP contribution in [0.3, 0.4) is 0 Å². The van der Waals surface area contributed by atoms with Crippen molar-refractivity contribution in [3.05, 3.63) is 54.3 Å². The van der Waals surface area contributed by atoms with E-state index in [1.54, 1.807) is 31.2 Å². The number of piperazine rings is 1. The van der Waals surface area contributed by atoms with Gasteiger partial charge in [-0.3, -0.25) is 4.79 Å². The van der Waals surface area contributed by atoms with Crippen molar-refractivity contribution in [3.8, 4) is 5.75 Å². The van der Waals surface area contributed by atoms with Crippen LogP contribution >= 0.6 is 0 Å². The number of nitrogens with one attached hydrogen (secondary N) is 1. The van der Waals surface area contributed by atoms with E-state index < -0.39 is 16.1 Å². The zero-order chi connectivity index (χ0) is 23.3.